The maximum atomic E-state index is 12.2. The molecule has 0 unspecified atom stereocenters. The van der Waals surface area contributed by atoms with Gasteiger partial charge in [-0.2, -0.15) is 0 Å². The molecule has 1 aliphatic rings. The third kappa shape index (κ3) is 2.40. The van der Waals surface area contributed by atoms with Crippen LogP contribution in [-0.4, -0.2) is 28.9 Å². The molecule has 3 heteroatoms. The van der Waals surface area contributed by atoms with Crippen molar-refractivity contribution in [2.45, 2.75) is 20.3 Å². The predicted octanol–water partition coefficient (Wildman–Crippen LogP) is 2.20. The van der Waals surface area contributed by atoms with Crippen LogP contribution in [0.1, 0.15) is 30.6 Å². The van der Waals surface area contributed by atoms with Crippen LogP contribution in [0.4, 0.5) is 0 Å². The molecule has 0 aromatic carbocycles. The van der Waals surface area contributed by atoms with E-state index in [1.165, 1.54) is 6.42 Å². The van der Waals surface area contributed by atoms with Crippen LogP contribution in [0, 0.1) is 11.8 Å². The first-order valence-electron chi connectivity index (χ1n) is 5.86. The zero-order chi connectivity index (χ0) is 11.5. The number of rotatable bonds is 1. The molecule has 1 aromatic rings. The Balaban J connectivity index is 2.10. The Morgan fingerprint density at radius 3 is 2.62 bits per heavy atom. The third-order valence-electron chi connectivity index (χ3n) is 3.06. The molecule has 1 aliphatic heterocycles. The van der Waals surface area contributed by atoms with Gasteiger partial charge in [0.15, 0.2) is 0 Å². The van der Waals surface area contributed by atoms with E-state index >= 15 is 0 Å². The minimum absolute atomic E-state index is 0.117. The lowest BCUT2D eigenvalue weighted by Crippen LogP contribution is -2.42. The van der Waals surface area contributed by atoms with Gasteiger partial charge < -0.3 is 4.90 Å². The first-order valence-corrected chi connectivity index (χ1v) is 5.86. The fourth-order valence-corrected chi connectivity index (χ4v) is 2.50. The SMILES string of the molecule is C[C@H]1C[C@H](C)CN(C(=O)c2cccnc2)C1. The minimum Gasteiger partial charge on any atom is -0.338 e. The molecular formula is C13H18N2O. The van der Waals surface area contributed by atoms with Crippen LogP contribution < -0.4 is 0 Å². The van der Waals surface area contributed by atoms with Gasteiger partial charge in [0.25, 0.3) is 5.91 Å². The molecule has 3 nitrogen and oxygen atoms in total. The molecule has 0 N–H and O–H groups in total. The number of amides is 1. The molecule has 1 amide bonds. The number of hydrogen-bond acceptors (Lipinski definition) is 2. The molecule has 0 bridgehead atoms. The second-order valence-corrected chi connectivity index (χ2v) is 4.90. The molecule has 0 aliphatic carbocycles. The lowest BCUT2D eigenvalue weighted by Gasteiger charge is -2.35. The molecule has 0 radical (unpaired) electrons. The Morgan fingerprint density at radius 2 is 2.06 bits per heavy atom. The Morgan fingerprint density at radius 1 is 1.38 bits per heavy atom. The summed E-state index contributed by atoms with van der Waals surface area (Å²) in [4.78, 5) is 18.1. The number of carbonyl (C=O) groups is 1. The average molecular weight is 218 g/mol. The Kier molecular flexibility index (Phi) is 3.22. The Labute approximate surface area is 96.5 Å². The zero-order valence-electron chi connectivity index (χ0n) is 9.89. The molecule has 86 valence electrons. The van der Waals surface area contributed by atoms with Gasteiger partial charge in [0.2, 0.25) is 0 Å². The predicted molar refractivity (Wildman–Crippen MR) is 63.1 cm³/mol. The number of pyridine rings is 1. The maximum Gasteiger partial charge on any atom is 0.255 e. The fraction of sp³-hybridized carbons (Fsp3) is 0.538. The number of piperidine rings is 1. The van der Waals surface area contributed by atoms with Crippen LogP contribution in [0.2, 0.25) is 0 Å². The molecule has 1 saturated heterocycles. The van der Waals surface area contributed by atoms with Gasteiger partial charge in [0.05, 0.1) is 5.56 Å². The van der Waals surface area contributed by atoms with E-state index in [9.17, 15) is 4.79 Å². The van der Waals surface area contributed by atoms with Gasteiger partial charge in [0.1, 0.15) is 0 Å². The quantitative estimate of drug-likeness (QED) is 0.724. The van der Waals surface area contributed by atoms with E-state index in [0.717, 1.165) is 13.1 Å². The molecule has 0 saturated carbocycles. The highest BCUT2D eigenvalue weighted by Gasteiger charge is 2.25. The van der Waals surface area contributed by atoms with E-state index in [-0.39, 0.29) is 5.91 Å². The van der Waals surface area contributed by atoms with Crippen molar-refractivity contribution < 1.29 is 4.79 Å². The largest absolute Gasteiger partial charge is 0.338 e. The van der Waals surface area contributed by atoms with Gasteiger partial charge in [-0.1, -0.05) is 13.8 Å². The Hall–Kier alpha value is -1.38. The standard InChI is InChI=1S/C13H18N2O/c1-10-6-11(2)9-15(8-10)13(16)12-4-3-5-14-7-12/h3-5,7,10-11H,6,8-9H2,1-2H3/t10-,11-/m0/s1. The summed E-state index contributed by atoms with van der Waals surface area (Å²) in [7, 11) is 0. The van der Waals surface area contributed by atoms with Gasteiger partial charge in [0, 0.05) is 25.5 Å². The molecule has 0 spiro atoms. The summed E-state index contributed by atoms with van der Waals surface area (Å²) in [5.41, 5.74) is 0.698. The lowest BCUT2D eigenvalue weighted by molar-refractivity contribution is 0.0622. The molecular weight excluding hydrogens is 200 g/mol. The van der Waals surface area contributed by atoms with Crippen LogP contribution >= 0.6 is 0 Å². The van der Waals surface area contributed by atoms with Crippen LogP contribution in [0.15, 0.2) is 24.5 Å². The van der Waals surface area contributed by atoms with Crippen molar-refractivity contribution in [2.75, 3.05) is 13.1 Å². The summed E-state index contributed by atoms with van der Waals surface area (Å²) in [5, 5.41) is 0. The van der Waals surface area contributed by atoms with Crippen molar-refractivity contribution in [3.8, 4) is 0 Å². The highest BCUT2D eigenvalue weighted by atomic mass is 16.2. The summed E-state index contributed by atoms with van der Waals surface area (Å²) >= 11 is 0. The van der Waals surface area contributed by atoms with Gasteiger partial charge in [-0.3, -0.25) is 9.78 Å². The van der Waals surface area contributed by atoms with Gasteiger partial charge in [-0.15, -0.1) is 0 Å². The lowest BCUT2D eigenvalue weighted by atomic mass is 9.91. The summed E-state index contributed by atoms with van der Waals surface area (Å²) in [6, 6.07) is 3.64. The van der Waals surface area contributed by atoms with Crippen molar-refractivity contribution in [3.63, 3.8) is 0 Å². The van der Waals surface area contributed by atoms with Crippen molar-refractivity contribution in [2.24, 2.45) is 11.8 Å². The van der Waals surface area contributed by atoms with Gasteiger partial charge in [-0.25, -0.2) is 0 Å². The zero-order valence-corrected chi connectivity index (χ0v) is 9.89. The van der Waals surface area contributed by atoms with Crippen molar-refractivity contribution >= 4 is 5.91 Å². The fourth-order valence-electron chi connectivity index (χ4n) is 2.50. The molecule has 2 rings (SSSR count). The highest BCUT2D eigenvalue weighted by Crippen LogP contribution is 2.22. The van der Waals surface area contributed by atoms with E-state index in [2.05, 4.69) is 18.8 Å². The number of hydrogen-bond donors (Lipinski definition) is 0. The number of likely N-dealkylation sites (tertiary alicyclic amines) is 1. The topological polar surface area (TPSA) is 33.2 Å². The summed E-state index contributed by atoms with van der Waals surface area (Å²) in [5.74, 6) is 1.32. The Bertz CT molecular complexity index is 353. The van der Waals surface area contributed by atoms with Crippen LogP contribution in [0.5, 0.6) is 0 Å². The van der Waals surface area contributed by atoms with E-state index in [1.807, 2.05) is 17.0 Å². The normalized spacial score (nSPS) is 25.5. The second-order valence-electron chi connectivity index (χ2n) is 4.90. The second kappa shape index (κ2) is 4.64. The monoisotopic (exact) mass is 218 g/mol. The van der Waals surface area contributed by atoms with E-state index in [4.69, 9.17) is 0 Å². The number of carbonyl (C=O) groups excluding carboxylic acids is 1. The van der Waals surface area contributed by atoms with E-state index in [1.54, 1.807) is 12.4 Å². The first kappa shape index (κ1) is 11.1. The smallest absolute Gasteiger partial charge is 0.255 e. The summed E-state index contributed by atoms with van der Waals surface area (Å²) in [6.45, 7) is 6.16. The highest BCUT2D eigenvalue weighted by molar-refractivity contribution is 5.93. The first-order chi connectivity index (χ1) is 7.66. The number of aromatic nitrogens is 1. The van der Waals surface area contributed by atoms with E-state index < -0.39 is 0 Å². The molecule has 1 fully saturated rings. The van der Waals surface area contributed by atoms with Crippen molar-refractivity contribution in [3.05, 3.63) is 30.1 Å². The third-order valence-corrected chi connectivity index (χ3v) is 3.06. The van der Waals surface area contributed by atoms with Gasteiger partial charge in [-0.05, 0) is 30.4 Å². The summed E-state index contributed by atoms with van der Waals surface area (Å²) < 4.78 is 0. The molecule has 2 atom stereocenters. The number of nitrogens with zero attached hydrogens (tertiary/aromatic N) is 2. The van der Waals surface area contributed by atoms with Crippen molar-refractivity contribution in [1.82, 2.24) is 9.88 Å². The molecule has 2 heterocycles. The van der Waals surface area contributed by atoms with Crippen LogP contribution in [0.3, 0.4) is 0 Å². The van der Waals surface area contributed by atoms with E-state index in [0.29, 0.717) is 17.4 Å². The molecule has 16 heavy (non-hydrogen) atoms. The molecule has 1 aromatic heterocycles. The van der Waals surface area contributed by atoms with Gasteiger partial charge >= 0.3 is 0 Å². The maximum absolute atomic E-state index is 12.2. The van der Waals surface area contributed by atoms with Crippen molar-refractivity contribution in [1.29, 1.82) is 0 Å². The van der Waals surface area contributed by atoms with Crippen LogP contribution in [-0.2, 0) is 0 Å². The van der Waals surface area contributed by atoms with Crippen LogP contribution in [0.25, 0.3) is 0 Å². The average Bonchev–Trinajstić information content (AvgIpc) is 2.28. The summed E-state index contributed by atoms with van der Waals surface area (Å²) in [6.07, 6.45) is 4.56. The minimum atomic E-state index is 0.117.